The molecule has 0 radical (unpaired) electrons. The normalized spacial score (nSPS) is 13.3. The van der Waals surface area contributed by atoms with Crippen molar-refractivity contribution >= 4 is 11.6 Å². The van der Waals surface area contributed by atoms with Gasteiger partial charge in [-0.05, 0) is 62.9 Å². The van der Waals surface area contributed by atoms with E-state index in [1.807, 2.05) is 59.8 Å². The van der Waals surface area contributed by atoms with E-state index in [1.54, 1.807) is 7.11 Å². The summed E-state index contributed by atoms with van der Waals surface area (Å²) < 4.78 is 7.52. The summed E-state index contributed by atoms with van der Waals surface area (Å²) in [4.78, 5) is 15.3. The Morgan fingerprint density at radius 3 is 2.59 bits per heavy atom. The van der Waals surface area contributed by atoms with E-state index >= 15 is 0 Å². The van der Waals surface area contributed by atoms with Crippen molar-refractivity contribution in [2.45, 2.75) is 40.0 Å². The van der Waals surface area contributed by atoms with E-state index in [2.05, 4.69) is 13.0 Å². The Morgan fingerprint density at radius 1 is 1.10 bits per heavy atom. The number of anilines is 1. The topological polar surface area (TPSA) is 47.4 Å². The first-order chi connectivity index (χ1) is 14.0. The lowest BCUT2D eigenvalue weighted by molar-refractivity contribution is -0.118. The number of hydrogen-bond donors (Lipinski definition) is 0. The van der Waals surface area contributed by atoms with Crippen molar-refractivity contribution < 1.29 is 9.53 Å². The molecule has 0 bridgehead atoms. The van der Waals surface area contributed by atoms with E-state index in [1.165, 1.54) is 11.1 Å². The van der Waals surface area contributed by atoms with Crippen LogP contribution in [0.5, 0.6) is 5.75 Å². The number of fused-ring (bicyclic) bond motifs is 1. The summed E-state index contributed by atoms with van der Waals surface area (Å²) in [5, 5.41) is 4.69. The van der Waals surface area contributed by atoms with Gasteiger partial charge >= 0.3 is 0 Å². The van der Waals surface area contributed by atoms with Gasteiger partial charge in [-0.25, -0.2) is 4.68 Å². The van der Waals surface area contributed by atoms with E-state index in [-0.39, 0.29) is 5.91 Å². The summed E-state index contributed by atoms with van der Waals surface area (Å²) in [6.07, 6.45) is 2.28. The first kappa shape index (κ1) is 19.2. The second-order valence-electron chi connectivity index (χ2n) is 7.63. The highest BCUT2D eigenvalue weighted by Crippen LogP contribution is 2.38. The molecule has 1 aliphatic heterocycles. The van der Waals surface area contributed by atoms with Crippen LogP contribution in [0, 0.1) is 20.8 Å². The molecule has 0 saturated carbocycles. The first-order valence-corrected chi connectivity index (χ1v) is 10.1. The number of nitrogens with zero attached hydrogens (tertiary/aromatic N) is 3. The van der Waals surface area contributed by atoms with Gasteiger partial charge in [0, 0.05) is 17.8 Å². The molecule has 3 aromatic rings. The van der Waals surface area contributed by atoms with E-state index < -0.39 is 0 Å². The molecule has 1 aromatic heterocycles. The van der Waals surface area contributed by atoms with Gasteiger partial charge in [0.2, 0.25) is 5.91 Å². The summed E-state index contributed by atoms with van der Waals surface area (Å²) in [6, 6.07) is 14.1. The highest BCUT2D eigenvalue weighted by Gasteiger charge is 2.28. The van der Waals surface area contributed by atoms with Crippen molar-refractivity contribution in [2.75, 3.05) is 18.6 Å². The zero-order chi connectivity index (χ0) is 20.5. The first-order valence-electron chi connectivity index (χ1n) is 10.1. The molecule has 1 amide bonds. The predicted molar refractivity (Wildman–Crippen MR) is 115 cm³/mol. The third-order valence-electron chi connectivity index (χ3n) is 5.85. The van der Waals surface area contributed by atoms with Crippen molar-refractivity contribution in [3.05, 3.63) is 70.5 Å². The molecule has 0 N–H and O–H groups in total. The SMILES string of the molecule is COc1ccc(C)c2c1N(C(=O)Cc1c(C)nn(-c3ccccc3)c1C)CCC2. The van der Waals surface area contributed by atoms with Crippen molar-refractivity contribution in [3.8, 4) is 11.4 Å². The van der Waals surface area contributed by atoms with E-state index in [0.29, 0.717) is 6.42 Å². The Labute approximate surface area is 171 Å². The molecule has 0 aliphatic carbocycles. The average molecular weight is 389 g/mol. The Kier molecular flexibility index (Phi) is 5.14. The molecule has 0 saturated heterocycles. The van der Waals surface area contributed by atoms with E-state index in [4.69, 9.17) is 9.84 Å². The molecule has 5 nitrogen and oxygen atoms in total. The molecule has 150 valence electrons. The highest BCUT2D eigenvalue weighted by molar-refractivity contribution is 5.98. The monoisotopic (exact) mass is 389 g/mol. The summed E-state index contributed by atoms with van der Waals surface area (Å²) in [7, 11) is 1.67. The molecule has 0 fully saturated rings. The molecule has 0 unspecified atom stereocenters. The standard InChI is InChI=1S/C24H27N3O2/c1-16-12-13-22(29-4)24-20(16)11-8-14-26(24)23(28)15-21-17(2)25-27(18(21)3)19-9-6-5-7-10-19/h5-7,9-10,12-13H,8,11,14-15H2,1-4H3. The lowest BCUT2D eigenvalue weighted by atomic mass is 9.95. The van der Waals surface area contributed by atoms with Crippen LogP contribution in [0.3, 0.4) is 0 Å². The summed E-state index contributed by atoms with van der Waals surface area (Å²) in [5.41, 5.74) is 7.28. The van der Waals surface area contributed by atoms with Crippen molar-refractivity contribution in [2.24, 2.45) is 0 Å². The van der Waals surface area contributed by atoms with Crippen molar-refractivity contribution in [3.63, 3.8) is 0 Å². The summed E-state index contributed by atoms with van der Waals surface area (Å²) >= 11 is 0. The molecular formula is C24H27N3O2. The maximum Gasteiger partial charge on any atom is 0.231 e. The number of methoxy groups -OCH3 is 1. The molecular weight excluding hydrogens is 362 g/mol. The smallest absolute Gasteiger partial charge is 0.231 e. The second kappa shape index (κ2) is 7.74. The van der Waals surface area contributed by atoms with Crippen molar-refractivity contribution in [1.29, 1.82) is 0 Å². The van der Waals surface area contributed by atoms with Gasteiger partial charge in [0.25, 0.3) is 0 Å². The fourth-order valence-electron chi connectivity index (χ4n) is 4.27. The van der Waals surface area contributed by atoms with Gasteiger partial charge in [0.05, 0.1) is 30.6 Å². The number of ether oxygens (including phenoxy) is 1. The Hall–Kier alpha value is -3.08. The third kappa shape index (κ3) is 3.41. The van der Waals surface area contributed by atoms with Crippen LogP contribution in [0.15, 0.2) is 42.5 Å². The van der Waals surface area contributed by atoms with Crippen LogP contribution in [0.1, 0.15) is 34.5 Å². The van der Waals surface area contributed by atoms with Gasteiger partial charge in [0.1, 0.15) is 5.75 Å². The maximum atomic E-state index is 13.4. The quantitative estimate of drug-likeness (QED) is 0.667. The number of para-hydroxylation sites is 1. The number of benzene rings is 2. The number of carbonyl (C=O) groups is 1. The Balaban J connectivity index is 1.67. The van der Waals surface area contributed by atoms with Gasteiger partial charge in [0.15, 0.2) is 0 Å². The highest BCUT2D eigenvalue weighted by atomic mass is 16.5. The molecule has 0 spiro atoms. The Morgan fingerprint density at radius 2 is 1.86 bits per heavy atom. The second-order valence-corrected chi connectivity index (χ2v) is 7.63. The van der Waals surface area contributed by atoms with E-state index in [0.717, 1.165) is 53.5 Å². The predicted octanol–water partition coefficient (Wildman–Crippen LogP) is 4.33. The lowest BCUT2D eigenvalue weighted by Crippen LogP contribution is -2.37. The number of rotatable bonds is 4. The molecule has 1 aliphatic rings. The molecule has 2 aromatic carbocycles. The molecule has 29 heavy (non-hydrogen) atoms. The molecule has 5 heteroatoms. The maximum absolute atomic E-state index is 13.4. The van der Waals surface area contributed by atoms with Gasteiger partial charge < -0.3 is 9.64 Å². The third-order valence-corrected chi connectivity index (χ3v) is 5.85. The van der Waals surface area contributed by atoms with Crippen LogP contribution in [-0.2, 0) is 17.6 Å². The number of hydrogen-bond acceptors (Lipinski definition) is 3. The minimum Gasteiger partial charge on any atom is -0.495 e. The molecule has 4 rings (SSSR count). The largest absolute Gasteiger partial charge is 0.495 e. The average Bonchev–Trinajstić information content (AvgIpc) is 3.02. The number of carbonyl (C=O) groups excluding carboxylic acids is 1. The number of aryl methyl sites for hydroxylation is 2. The summed E-state index contributed by atoms with van der Waals surface area (Å²) in [6.45, 7) is 6.83. The molecule has 0 atom stereocenters. The van der Waals surface area contributed by atoms with Crippen LogP contribution < -0.4 is 9.64 Å². The number of amides is 1. The zero-order valence-corrected chi connectivity index (χ0v) is 17.5. The Bertz CT molecular complexity index is 1050. The molecule has 2 heterocycles. The minimum absolute atomic E-state index is 0.0914. The fraction of sp³-hybridized carbons (Fsp3) is 0.333. The van der Waals surface area contributed by atoms with Crippen LogP contribution in [-0.4, -0.2) is 29.3 Å². The lowest BCUT2D eigenvalue weighted by Gasteiger charge is -2.32. The minimum atomic E-state index is 0.0914. The van der Waals surface area contributed by atoms with E-state index in [9.17, 15) is 4.79 Å². The summed E-state index contributed by atoms with van der Waals surface area (Å²) in [5.74, 6) is 0.862. The van der Waals surface area contributed by atoms with Crippen LogP contribution in [0.2, 0.25) is 0 Å². The van der Waals surface area contributed by atoms with Crippen LogP contribution in [0.25, 0.3) is 5.69 Å². The van der Waals surface area contributed by atoms with Gasteiger partial charge in [-0.15, -0.1) is 0 Å². The van der Waals surface area contributed by atoms with Crippen LogP contribution >= 0.6 is 0 Å². The van der Waals surface area contributed by atoms with Gasteiger partial charge in [-0.1, -0.05) is 24.3 Å². The number of aromatic nitrogens is 2. The van der Waals surface area contributed by atoms with Gasteiger partial charge in [-0.2, -0.15) is 5.10 Å². The van der Waals surface area contributed by atoms with Gasteiger partial charge in [-0.3, -0.25) is 4.79 Å². The van der Waals surface area contributed by atoms with Crippen LogP contribution in [0.4, 0.5) is 5.69 Å². The fourth-order valence-corrected chi connectivity index (χ4v) is 4.27. The van der Waals surface area contributed by atoms with Crippen molar-refractivity contribution in [1.82, 2.24) is 9.78 Å². The zero-order valence-electron chi connectivity index (χ0n) is 17.5.